The molecule has 0 aliphatic carbocycles. The zero-order valence-electron chi connectivity index (χ0n) is 21.2. The Morgan fingerprint density at radius 3 is 2.23 bits per heavy atom. The number of rotatable bonds is 12. The summed E-state index contributed by atoms with van der Waals surface area (Å²) >= 11 is 0. The summed E-state index contributed by atoms with van der Waals surface area (Å²) < 4.78 is 27.4. The van der Waals surface area contributed by atoms with E-state index in [1.807, 2.05) is 0 Å². The summed E-state index contributed by atoms with van der Waals surface area (Å²) in [4.78, 5) is 10.8. The molecule has 0 spiro atoms. The summed E-state index contributed by atoms with van der Waals surface area (Å²) in [6.45, 7) is -1.21. The Kier molecular flexibility index (Phi) is 10.5. The third kappa shape index (κ3) is 7.16. The lowest BCUT2D eigenvalue weighted by molar-refractivity contribution is -0.277. The van der Waals surface area contributed by atoms with Crippen molar-refractivity contribution in [1.29, 1.82) is 0 Å². The molecule has 0 aromatic heterocycles. The van der Waals surface area contributed by atoms with Gasteiger partial charge in [-0.15, -0.1) is 0 Å². The molecule has 13 heteroatoms. The predicted octanol–water partition coefficient (Wildman–Crippen LogP) is -0.546. The van der Waals surface area contributed by atoms with Crippen LogP contribution in [0.5, 0.6) is 23.0 Å². The monoisotopic (exact) mass is 552 g/mol. The van der Waals surface area contributed by atoms with E-state index in [1.165, 1.54) is 50.6 Å². The van der Waals surface area contributed by atoms with Gasteiger partial charge in [0.2, 0.25) is 6.29 Å². The maximum Gasteiger partial charge on any atom is 0.328 e. The van der Waals surface area contributed by atoms with Crippen LogP contribution < -0.4 is 18.9 Å². The van der Waals surface area contributed by atoms with E-state index in [4.69, 9.17) is 28.8 Å². The van der Waals surface area contributed by atoms with Crippen LogP contribution in [-0.4, -0.2) is 106 Å². The first kappa shape index (κ1) is 30.1. The smallest absolute Gasteiger partial charge is 0.328 e. The highest BCUT2D eigenvalue weighted by Crippen LogP contribution is 2.36. The number of carboxylic acid groups (broad SMARTS) is 1. The van der Waals surface area contributed by atoms with Crippen LogP contribution in [-0.2, 0) is 9.53 Å². The van der Waals surface area contributed by atoms with Crippen molar-refractivity contribution in [3.63, 3.8) is 0 Å². The van der Waals surface area contributed by atoms with Crippen LogP contribution in [0.15, 0.2) is 42.5 Å². The van der Waals surface area contributed by atoms with Crippen molar-refractivity contribution in [2.24, 2.45) is 0 Å². The van der Waals surface area contributed by atoms with Gasteiger partial charge in [-0.2, -0.15) is 0 Å². The molecule has 7 N–H and O–H groups in total. The quantitative estimate of drug-likeness (QED) is 0.165. The molecule has 1 aliphatic rings. The van der Waals surface area contributed by atoms with Crippen molar-refractivity contribution in [1.82, 2.24) is 0 Å². The average molecular weight is 553 g/mol. The molecular formula is C26H32O13. The van der Waals surface area contributed by atoms with Gasteiger partial charge in [0.15, 0.2) is 29.1 Å². The van der Waals surface area contributed by atoms with Crippen LogP contribution in [0.1, 0.15) is 17.2 Å². The lowest BCUT2D eigenvalue weighted by Crippen LogP contribution is -2.60. The molecule has 3 rings (SSSR count). The Labute approximate surface area is 223 Å². The number of hydrogen-bond donors (Lipinski definition) is 7. The summed E-state index contributed by atoms with van der Waals surface area (Å²) in [5.41, 5.74) is 0.800. The van der Waals surface area contributed by atoms with Crippen LogP contribution in [0.4, 0.5) is 0 Å². The van der Waals surface area contributed by atoms with E-state index in [1.54, 1.807) is 6.07 Å². The van der Waals surface area contributed by atoms with E-state index in [-0.39, 0.29) is 28.6 Å². The number of carboxylic acids is 1. The highest BCUT2D eigenvalue weighted by atomic mass is 16.7. The Bertz CT molecular complexity index is 1130. The molecule has 0 radical (unpaired) electrons. The van der Waals surface area contributed by atoms with Gasteiger partial charge in [0.05, 0.1) is 27.4 Å². The largest absolute Gasteiger partial charge is 0.493 e. The van der Waals surface area contributed by atoms with Crippen molar-refractivity contribution < 1.29 is 64.2 Å². The molecule has 2 aromatic carbocycles. The lowest BCUT2D eigenvalue weighted by Gasteiger charge is -2.39. The van der Waals surface area contributed by atoms with Crippen LogP contribution >= 0.6 is 0 Å². The van der Waals surface area contributed by atoms with Crippen LogP contribution in [0.2, 0.25) is 0 Å². The summed E-state index contributed by atoms with van der Waals surface area (Å²) in [5, 5.41) is 69.2. The van der Waals surface area contributed by atoms with Gasteiger partial charge in [0.1, 0.15) is 30.5 Å². The second-order valence-electron chi connectivity index (χ2n) is 8.59. The Morgan fingerprint density at radius 2 is 1.62 bits per heavy atom. The zero-order valence-corrected chi connectivity index (χ0v) is 21.2. The highest BCUT2D eigenvalue weighted by molar-refractivity contribution is 5.85. The van der Waals surface area contributed by atoms with Crippen LogP contribution in [0.3, 0.4) is 0 Å². The van der Waals surface area contributed by atoms with Crippen LogP contribution in [0.25, 0.3) is 6.08 Å². The molecule has 1 fully saturated rings. The van der Waals surface area contributed by atoms with E-state index in [9.17, 15) is 35.4 Å². The summed E-state index contributed by atoms with van der Waals surface area (Å²) in [5.74, 6) is -0.511. The molecule has 0 unspecified atom stereocenters. The molecule has 13 nitrogen and oxygen atoms in total. The summed E-state index contributed by atoms with van der Waals surface area (Å²) in [6, 6.07) is 8.88. The Hall–Kier alpha value is -3.43. The van der Waals surface area contributed by atoms with Crippen LogP contribution in [0, 0.1) is 0 Å². The standard InChI is InChI=1S/C26H32O13/c1-35-17-9-13(4-8-21(29)30)3-6-15(17)37-19(11-27)22(31)14-5-7-16(18(10-14)36-2)38-26-25(34)24(33)23(32)20(12-28)39-26/h3-10,19-20,22-28,31-34H,11-12H2,1-2H3,(H,29,30)/b8-4-/t19-,20+,22-,23+,24-,25+,26-/m0/s1. The second kappa shape index (κ2) is 13.6. The SMILES string of the molecule is COc1cc([C@H](O)[C@H](CO)Oc2ccc(/C=C\C(=O)O)cc2OC)ccc1O[C@H]1O[C@H](CO)[C@@H](O)[C@H](O)[C@H]1O. The number of aliphatic hydroxyl groups excluding tert-OH is 6. The number of aliphatic carboxylic acids is 1. The fourth-order valence-corrected chi connectivity index (χ4v) is 3.89. The van der Waals surface area contributed by atoms with Crippen molar-refractivity contribution in [3.05, 3.63) is 53.6 Å². The highest BCUT2D eigenvalue weighted by Gasteiger charge is 2.45. The van der Waals surface area contributed by atoms with Gasteiger partial charge in [-0.25, -0.2) is 4.79 Å². The van der Waals surface area contributed by atoms with Crippen molar-refractivity contribution in [2.75, 3.05) is 27.4 Å². The first-order chi connectivity index (χ1) is 18.6. The minimum Gasteiger partial charge on any atom is -0.493 e. The van der Waals surface area contributed by atoms with Gasteiger partial charge >= 0.3 is 5.97 Å². The third-order valence-electron chi connectivity index (χ3n) is 6.04. The molecular weight excluding hydrogens is 520 g/mol. The van der Waals surface area contributed by atoms with E-state index in [2.05, 4.69) is 0 Å². The molecule has 39 heavy (non-hydrogen) atoms. The van der Waals surface area contributed by atoms with Gasteiger partial charge in [0, 0.05) is 6.08 Å². The zero-order chi connectivity index (χ0) is 28.7. The topological polar surface area (TPSA) is 205 Å². The van der Waals surface area contributed by atoms with Gasteiger partial charge in [-0.05, 0) is 41.5 Å². The third-order valence-corrected chi connectivity index (χ3v) is 6.04. The molecule has 214 valence electrons. The van der Waals surface area contributed by atoms with Gasteiger partial charge < -0.3 is 59.4 Å². The maximum absolute atomic E-state index is 11.0. The van der Waals surface area contributed by atoms with E-state index in [0.717, 1.165) is 6.08 Å². The lowest BCUT2D eigenvalue weighted by atomic mass is 9.99. The Morgan fingerprint density at radius 1 is 0.949 bits per heavy atom. The molecule has 1 aliphatic heterocycles. The fraction of sp³-hybridized carbons (Fsp3) is 0.423. The van der Waals surface area contributed by atoms with E-state index >= 15 is 0 Å². The average Bonchev–Trinajstić information content (AvgIpc) is 2.94. The molecule has 2 aromatic rings. The van der Waals surface area contributed by atoms with Gasteiger partial charge in [0.25, 0.3) is 0 Å². The fourth-order valence-electron chi connectivity index (χ4n) is 3.89. The summed E-state index contributed by atoms with van der Waals surface area (Å²) in [6.07, 6.45) is -7.60. The minimum atomic E-state index is -1.63. The number of carbonyl (C=O) groups is 1. The van der Waals surface area contributed by atoms with Gasteiger partial charge in [-0.3, -0.25) is 0 Å². The molecule has 0 saturated carbocycles. The molecule has 1 heterocycles. The first-order valence-corrected chi connectivity index (χ1v) is 11.8. The molecule has 0 amide bonds. The molecule has 7 atom stereocenters. The number of methoxy groups -OCH3 is 2. The minimum absolute atomic E-state index is 0.0610. The number of ether oxygens (including phenoxy) is 5. The number of hydrogen-bond acceptors (Lipinski definition) is 12. The van der Waals surface area contributed by atoms with E-state index < -0.39 is 62.1 Å². The normalized spacial score (nSPS) is 24.7. The molecule has 0 bridgehead atoms. The van der Waals surface area contributed by atoms with Gasteiger partial charge in [-0.1, -0.05) is 12.1 Å². The number of benzene rings is 2. The van der Waals surface area contributed by atoms with Crippen molar-refractivity contribution in [2.45, 2.75) is 42.9 Å². The van der Waals surface area contributed by atoms with Crippen molar-refractivity contribution in [3.8, 4) is 23.0 Å². The second-order valence-corrected chi connectivity index (χ2v) is 8.59. The first-order valence-electron chi connectivity index (χ1n) is 11.8. The predicted molar refractivity (Wildman–Crippen MR) is 134 cm³/mol. The maximum atomic E-state index is 11.0. The summed E-state index contributed by atoms with van der Waals surface area (Å²) in [7, 11) is 2.72. The van der Waals surface area contributed by atoms with E-state index in [0.29, 0.717) is 5.56 Å². The number of aliphatic hydroxyl groups is 6. The molecule has 1 saturated heterocycles. The van der Waals surface area contributed by atoms with Crippen molar-refractivity contribution >= 4 is 12.0 Å². The Balaban J connectivity index is 1.78.